The highest BCUT2D eigenvalue weighted by Crippen LogP contribution is 2.13. The van der Waals surface area contributed by atoms with Gasteiger partial charge in [-0.3, -0.25) is 14.5 Å². The molecule has 1 aliphatic rings. The lowest BCUT2D eigenvalue weighted by atomic mass is 10.2. The fourth-order valence-corrected chi connectivity index (χ4v) is 2.51. The summed E-state index contributed by atoms with van der Waals surface area (Å²) in [6.07, 6.45) is 2.44. The predicted octanol–water partition coefficient (Wildman–Crippen LogP) is 1.44. The van der Waals surface area contributed by atoms with Gasteiger partial charge in [0.2, 0.25) is 5.91 Å². The number of benzene rings is 1. The smallest absolute Gasteiger partial charge is 0.325 e. The van der Waals surface area contributed by atoms with Gasteiger partial charge in [0.1, 0.15) is 18.4 Å². The van der Waals surface area contributed by atoms with Gasteiger partial charge in [-0.1, -0.05) is 0 Å². The summed E-state index contributed by atoms with van der Waals surface area (Å²) < 4.78 is 12.8. The van der Waals surface area contributed by atoms with E-state index in [0.717, 1.165) is 10.7 Å². The van der Waals surface area contributed by atoms with Crippen molar-refractivity contribution in [2.75, 3.05) is 23.9 Å². The van der Waals surface area contributed by atoms with Crippen molar-refractivity contribution < 1.29 is 18.8 Å². The van der Waals surface area contributed by atoms with Crippen molar-refractivity contribution in [2.45, 2.75) is 12.5 Å². The fraction of sp³-hybridized carbons (Fsp3) is 0.357. The summed E-state index contributed by atoms with van der Waals surface area (Å²) >= 11 is 1.58. The first-order valence-electron chi connectivity index (χ1n) is 6.67. The lowest BCUT2D eigenvalue weighted by molar-refractivity contribution is -0.130. The third-order valence-electron chi connectivity index (χ3n) is 3.15. The summed E-state index contributed by atoms with van der Waals surface area (Å²) in [6, 6.07) is 4.09. The molecule has 4 amide bonds. The van der Waals surface area contributed by atoms with Crippen molar-refractivity contribution in [3.8, 4) is 0 Å². The van der Waals surface area contributed by atoms with E-state index in [0.29, 0.717) is 12.1 Å². The highest BCUT2D eigenvalue weighted by Gasteiger charge is 2.38. The number of anilines is 1. The van der Waals surface area contributed by atoms with E-state index in [1.165, 1.54) is 24.3 Å². The first-order valence-corrected chi connectivity index (χ1v) is 8.07. The number of imide groups is 1. The van der Waals surface area contributed by atoms with Crippen LogP contribution in [0.2, 0.25) is 0 Å². The molecule has 8 heteroatoms. The molecule has 1 aromatic rings. The first-order chi connectivity index (χ1) is 10.5. The van der Waals surface area contributed by atoms with Gasteiger partial charge in [0.25, 0.3) is 5.91 Å². The van der Waals surface area contributed by atoms with Crippen molar-refractivity contribution >= 4 is 35.3 Å². The van der Waals surface area contributed by atoms with E-state index in [2.05, 4.69) is 10.6 Å². The Morgan fingerprint density at radius 3 is 2.68 bits per heavy atom. The largest absolute Gasteiger partial charge is 0.326 e. The minimum Gasteiger partial charge on any atom is -0.326 e. The normalized spacial score (nSPS) is 17.5. The Labute approximate surface area is 131 Å². The maximum Gasteiger partial charge on any atom is 0.325 e. The second-order valence-corrected chi connectivity index (χ2v) is 5.75. The molecule has 1 fully saturated rings. The molecule has 0 radical (unpaired) electrons. The molecule has 1 heterocycles. The second-order valence-electron chi connectivity index (χ2n) is 4.76. The van der Waals surface area contributed by atoms with Crippen LogP contribution >= 0.6 is 11.8 Å². The fourth-order valence-electron chi connectivity index (χ4n) is 2.04. The van der Waals surface area contributed by atoms with Crippen LogP contribution in [0.4, 0.5) is 14.9 Å². The predicted molar refractivity (Wildman–Crippen MR) is 82.1 cm³/mol. The van der Waals surface area contributed by atoms with Crippen molar-refractivity contribution in [1.82, 2.24) is 10.2 Å². The van der Waals surface area contributed by atoms with Crippen LogP contribution in [0.15, 0.2) is 24.3 Å². The molecular formula is C14H16FN3O3S. The van der Waals surface area contributed by atoms with E-state index < -0.39 is 29.7 Å². The molecule has 2 N–H and O–H groups in total. The van der Waals surface area contributed by atoms with Crippen molar-refractivity contribution in [3.05, 3.63) is 30.1 Å². The lowest BCUT2D eigenvalue weighted by Crippen LogP contribution is -2.38. The molecule has 1 atom stereocenters. The molecule has 0 bridgehead atoms. The van der Waals surface area contributed by atoms with Gasteiger partial charge in [0, 0.05) is 5.69 Å². The van der Waals surface area contributed by atoms with Gasteiger partial charge in [-0.25, -0.2) is 9.18 Å². The summed E-state index contributed by atoms with van der Waals surface area (Å²) in [6.45, 7) is -0.363. The van der Waals surface area contributed by atoms with Crippen molar-refractivity contribution in [2.24, 2.45) is 0 Å². The zero-order valence-electron chi connectivity index (χ0n) is 12.0. The van der Waals surface area contributed by atoms with Crippen LogP contribution in [0.5, 0.6) is 0 Å². The summed E-state index contributed by atoms with van der Waals surface area (Å²) in [5.41, 5.74) is 0.400. The van der Waals surface area contributed by atoms with Gasteiger partial charge in [-0.15, -0.1) is 0 Å². The molecule has 22 heavy (non-hydrogen) atoms. The quantitative estimate of drug-likeness (QED) is 0.776. The molecule has 1 aliphatic heterocycles. The Hall–Kier alpha value is -2.09. The molecular weight excluding hydrogens is 309 g/mol. The minimum absolute atomic E-state index is 0.363. The Balaban J connectivity index is 1.92. The topological polar surface area (TPSA) is 78.5 Å². The van der Waals surface area contributed by atoms with E-state index >= 15 is 0 Å². The first kappa shape index (κ1) is 16.3. The van der Waals surface area contributed by atoms with Crippen LogP contribution in [-0.2, 0) is 9.59 Å². The van der Waals surface area contributed by atoms with Crippen molar-refractivity contribution in [1.29, 1.82) is 0 Å². The van der Waals surface area contributed by atoms with E-state index in [9.17, 15) is 18.8 Å². The number of carbonyl (C=O) groups excluding carboxylic acids is 3. The van der Waals surface area contributed by atoms with Gasteiger partial charge in [-0.2, -0.15) is 11.8 Å². The Morgan fingerprint density at radius 1 is 1.36 bits per heavy atom. The summed E-state index contributed by atoms with van der Waals surface area (Å²) in [5, 5.41) is 5.07. The average Bonchev–Trinajstić information content (AvgIpc) is 2.75. The van der Waals surface area contributed by atoms with Crippen LogP contribution in [-0.4, -0.2) is 47.3 Å². The third-order valence-corrected chi connectivity index (χ3v) is 3.79. The standard InChI is InChI=1S/C14H16FN3O3S/c1-22-7-6-11-13(20)18(14(21)17-11)8-12(19)16-10-4-2-9(15)3-5-10/h2-5,11H,6-8H2,1H3,(H,16,19)(H,17,21)/t11-/m0/s1. The molecule has 0 unspecified atom stereocenters. The molecule has 1 saturated heterocycles. The number of hydrogen-bond acceptors (Lipinski definition) is 4. The monoisotopic (exact) mass is 325 g/mol. The second kappa shape index (κ2) is 7.26. The van der Waals surface area contributed by atoms with E-state index in [1.807, 2.05) is 6.26 Å². The Morgan fingerprint density at radius 2 is 2.05 bits per heavy atom. The molecule has 6 nitrogen and oxygen atoms in total. The maximum atomic E-state index is 12.8. The van der Waals surface area contributed by atoms with Gasteiger partial charge < -0.3 is 10.6 Å². The van der Waals surface area contributed by atoms with Crippen molar-refractivity contribution in [3.63, 3.8) is 0 Å². The molecule has 118 valence electrons. The summed E-state index contributed by atoms with van der Waals surface area (Å²) in [4.78, 5) is 36.6. The number of thioether (sulfide) groups is 1. The average molecular weight is 325 g/mol. The maximum absolute atomic E-state index is 12.8. The van der Waals surface area contributed by atoms with Crippen LogP contribution < -0.4 is 10.6 Å². The number of urea groups is 1. The van der Waals surface area contributed by atoms with Gasteiger partial charge in [-0.05, 0) is 42.7 Å². The van der Waals surface area contributed by atoms with Crippen LogP contribution in [0.25, 0.3) is 0 Å². The third kappa shape index (κ3) is 3.97. The van der Waals surface area contributed by atoms with Gasteiger partial charge in [0.15, 0.2) is 0 Å². The Bertz CT molecular complexity index is 579. The number of hydrogen-bond donors (Lipinski definition) is 2. The van der Waals surface area contributed by atoms with E-state index in [1.54, 1.807) is 11.8 Å². The lowest BCUT2D eigenvalue weighted by Gasteiger charge is -2.13. The van der Waals surface area contributed by atoms with Gasteiger partial charge in [0.05, 0.1) is 0 Å². The zero-order chi connectivity index (χ0) is 16.1. The summed E-state index contributed by atoms with van der Waals surface area (Å²) in [5.74, 6) is -0.579. The number of nitrogens with one attached hydrogen (secondary N) is 2. The number of carbonyl (C=O) groups is 3. The number of rotatable bonds is 6. The highest BCUT2D eigenvalue weighted by molar-refractivity contribution is 7.98. The molecule has 1 aromatic carbocycles. The summed E-state index contributed by atoms with van der Waals surface area (Å²) in [7, 11) is 0. The van der Waals surface area contributed by atoms with Crippen LogP contribution in [0.1, 0.15) is 6.42 Å². The van der Waals surface area contributed by atoms with E-state index in [-0.39, 0.29) is 6.54 Å². The number of halogens is 1. The molecule has 0 aliphatic carbocycles. The van der Waals surface area contributed by atoms with Gasteiger partial charge >= 0.3 is 6.03 Å². The van der Waals surface area contributed by atoms with Crippen LogP contribution in [0.3, 0.4) is 0 Å². The van der Waals surface area contributed by atoms with E-state index in [4.69, 9.17) is 0 Å². The van der Waals surface area contributed by atoms with Crippen LogP contribution in [0, 0.1) is 5.82 Å². The highest BCUT2D eigenvalue weighted by atomic mass is 32.2. The zero-order valence-corrected chi connectivity index (χ0v) is 12.8. The Kier molecular flexibility index (Phi) is 5.37. The minimum atomic E-state index is -0.571. The molecule has 2 rings (SSSR count). The SMILES string of the molecule is CSCC[C@@H]1NC(=O)N(CC(=O)Nc2ccc(F)cc2)C1=O. The molecule has 0 aromatic heterocycles. The number of amides is 4. The molecule has 0 spiro atoms. The number of nitrogens with zero attached hydrogens (tertiary/aromatic N) is 1. The molecule has 0 saturated carbocycles.